The molecule has 1 heterocycles. The highest BCUT2D eigenvalue weighted by atomic mass is 35.5. The summed E-state index contributed by atoms with van der Waals surface area (Å²) in [7, 11) is 0. The third-order valence-corrected chi connectivity index (χ3v) is 3.72. The van der Waals surface area contributed by atoms with Crippen LogP contribution in [0, 0.1) is 0 Å². The van der Waals surface area contributed by atoms with Crippen molar-refractivity contribution in [2.45, 2.75) is 19.3 Å². The summed E-state index contributed by atoms with van der Waals surface area (Å²) < 4.78 is 0. The van der Waals surface area contributed by atoms with E-state index in [-0.39, 0.29) is 12.5 Å². The van der Waals surface area contributed by atoms with Crippen LogP contribution in [0.5, 0.6) is 0 Å². The average molecular weight is 287 g/mol. The number of carbonyl (C=O) groups is 1. The molecule has 0 radical (unpaired) electrons. The molecule has 1 amide bonds. The van der Waals surface area contributed by atoms with Crippen LogP contribution in [0.2, 0.25) is 10.0 Å². The molecule has 1 aromatic carbocycles. The van der Waals surface area contributed by atoms with Gasteiger partial charge in [-0.05, 0) is 31.4 Å². The largest absolute Gasteiger partial charge is 0.374 e. The van der Waals surface area contributed by atoms with Gasteiger partial charge >= 0.3 is 0 Å². The smallest absolute Gasteiger partial charge is 0.241 e. The van der Waals surface area contributed by atoms with Crippen molar-refractivity contribution in [3.63, 3.8) is 0 Å². The summed E-state index contributed by atoms with van der Waals surface area (Å²) >= 11 is 12.1. The third-order valence-electron chi connectivity index (χ3n) is 3.09. The molecule has 98 valence electrons. The van der Waals surface area contributed by atoms with Gasteiger partial charge in [0.05, 0.1) is 22.3 Å². The summed E-state index contributed by atoms with van der Waals surface area (Å²) in [4.78, 5) is 13.9. The molecule has 1 fully saturated rings. The first-order chi connectivity index (χ1) is 8.68. The van der Waals surface area contributed by atoms with E-state index >= 15 is 0 Å². The molecule has 0 aromatic heterocycles. The van der Waals surface area contributed by atoms with Crippen molar-refractivity contribution in [1.29, 1.82) is 0 Å². The van der Waals surface area contributed by atoms with Gasteiger partial charge in [-0.1, -0.05) is 29.3 Å². The van der Waals surface area contributed by atoms with Gasteiger partial charge in [-0.2, -0.15) is 0 Å². The summed E-state index contributed by atoms with van der Waals surface area (Å²) in [6, 6.07) is 5.28. The van der Waals surface area contributed by atoms with E-state index in [0.717, 1.165) is 25.9 Å². The maximum Gasteiger partial charge on any atom is 0.241 e. The van der Waals surface area contributed by atoms with E-state index in [2.05, 4.69) is 5.32 Å². The summed E-state index contributed by atoms with van der Waals surface area (Å²) in [6.45, 7) is 1.96. The van der Waals surface area contributed by atoms with Crippen LogP contribution in [-0.4, -0.2) is 30.4 Å². The Morgan fingerprint density at radius 3 is 2.39 bits per heavy atom. The van der Waals surface area contributed by atoms with Gasteiger partial charge in [0.1, 0.15) is 0 Å². The Balaban J connectivity index is 1.92. The first-order valence-electron chi connectivity index (χ1n) is 6.14. The topological polar surface area (TPSA) is 32.3 Å². The molecule has 1 aliphatic heterocycles. The zero-order valence-electron chi connectivity index (χ0n) is 10.1. The van der Waals surface area contributed by atoms with Crippen molar-refractivity contribution in [2.24, 2.45) is 0 Å². The normalized spacial score (nSPS) is 15.6. The standard InChI is InChI=1S/C13H16Cl2N2O/c14-10-5-4-6-11(15)13(10)16-9-12(18)17-7-2-1-3-8-17/h4-6,16H,1-3,7-9H2. The number of carbonyl (C=O) groups excluding carboxylic acids is 1. The number of hydrogen-bond donors (Lipinski definition) is 1. The van der Waals surface area contributed by atoms with E-state index in [4.69, 9.17) is 23.2 Å². The van der Waals surface area contributed by atoms with Gasteiger partial charge in [0, 0.05) is 13.1 Å². The lowest BCUT2D eigenvalue weighted by Gasteiger charge is -2.27. The first-order valence-corrected chi connectivity index (χ1v) is 6.90. The quantitative estimate of drug-likeness (QED) is 0.924. The van der Waals surface area contributed by atoms with Crippen molar-refractivity contribution in [1.82, 2.24) is 4.90 Å². The zero-order valence-corrected chi connectivity index (χ0v) is 11.6. The summed E-state index contributed by atoms with van der Waals surface area (Å²) in [5.41, 5.74) is 0.631. The van der Waals surface area contributed by atoms with Gasteiger partial charge in [-0.25, -0.2) is 0 Å². The predicted molar refractivity (Wildman–Crippen MR) is 75.4 cm³/mol. The van der Waals surface area contributed by atoms with E-state index < -0.39 is 0 Å². The lowest BCUT2D eigenvalue weighted by molar-refractivity contribution is -0.130. The number of amides is 1. The molecule has 0 spiro atoms. The number of nitrogens with one attached hydrogen (secondary N) is 1. The van der Waals surface area contributed by atoms with Crippen molar-refractivity contribution < 1.29 is 4.79 Å². The van der Waals surface area contributed by atoms with Gasteiger partial charge in [0.25, 0.3) is 0 Å². The molecule has 1 saturated heterocycles. The molecular formula is C13H16Cl2N2O. The summed E-state index contributed by atoms with van der Waals surface area (Å²) in [5, 5.41) is 4.10. The maximum atomic E-state index is 12.0. The van der Waals surface area contributed by atoms with Crippen molar-refractivity contribution in [3.05, 3.63) is 28.2 Å². The Bertz CT molecular complexity index is 411. The van der Waals surface area contributed by atoms with E-state index in [0.29, 0.717) is 15.7 Å². The number of halogens is 2. The van der Waals surface area contributed by atoms with E-state index in [9.17, 15) is 4.79 Å². The van der Waals surface area contributed by atoms with Crippen LogP contribution < -0.4 is 5.32 Å². The number of nitrogens with zero attached hydrogens (tertiary/aromatic N) is 1. The molecule has 1 aliphatic rings. The Hall–Kier alpha value is -0.930. The van der Waals surface area contributed by atoms with Gasteiger partial charge in [-0.15, -0.1) is 0 Å². The van der Waals surface area contributed by atoms with E-state index in [1.54, 1.807) is 18.2 Å². The SMILES string of the molecule is O=C(CNc1c(Cl)cccc1Cl)N1CCCCC1. The van der Waals surface area contributed by atoms with Crippen LogP contribution >= 0.6 is 23.2 Å². The van der Waals surface area contributed by atoms with Gasteiger partial charge in [-0.3, -0.25) is 4.79 Å². The number of benzene rings is 1. The fourth-order valence-corrected chi connectivity index (χ4v) is 2.62. The maximum absolute atomic E-state index is 12.0. The highest BCUT2D eigenvalue weighted by Crippen LogP contribution is 2.29. The van der Waals surface area contributed by atoms with E-state index in [1.807, 2.05) is 4.90 Å². The second-order valence-electron chi connectivity index (χ2n) is 4.39. The Morgan fingerprint density at radius 2 is 1.78 bits per heavy atom. The van der Waals surface area contributed by atoms with Crippen LogP contribution in [0.1, 0.15) is 19.3 Å². The molecule has 0 atom stereocenters. The second-order valence-corrected chi connectivity index (χ2v) is 5.21. The second kappa shape index (κ2) is 6.30. The van der Waals surface area contributed by atoms with Crippen molar-refractivity contribution in [2.75, 3.05) is 25.0 Å². The monoisotopic (exact) mass is 286 g/mol. The minimum Gasteiger partial charge on any atom is -0.374 e. The molecule has 2 rings (SSSR count). The molecular weight excluding hydrogens is 271 g/mol. The number of rotatable bonds is 3. The highest BCUT2D eigenvalue weighted by molar-refractivity contribution is 6.39. The first kappa shape index (κ1) is 13.5. The van der Waals surface area contributed by atoms with Crippen LogP contribution in [-0.2, 0) is 4.79 Å². The minimum atomic E-state index is 0.102. The number of likely N-dealkylation sites (tertiary alicyclic amines) is 1. The molecule has 0 unspecified atom stereocenters. The van der Waals surface area contributed by atoms with Gasteiger partial charge in [0.2, 0.25) is 5.91 Å². The van der Waals surface area contributed by atoms with Gasteiger partial charge < -0.3 is 10.2 Å². The predicted octanol–water partition coefficient (Wildman–Crippen LogP) is 3.42. The minimum absolute atomic E-state index is 0.102. The number of hydrogen-bond acceptors (Lipinski definition) is 2. The van der Waals surface area contributed by atoms with Crippen LogP contribution in [0.15, 0.2) is 18.2 Å². The summed E-state index contributed by atoms with van der Waals surface area (Å²) in [5.74, 6) is 0.102. The number of piperidine rings is 1. The van der Waals surface area contributed by atoms with Crippen molar-refractivity contribution in [3.8, 4) is 0 Å². The molecule has 18 heavy (non-hydrogen) atoms. The lowest BCUT2D eigenvalue weighted by Crippen LogP contribution is -2.39. The number of anilines is 1. The molecule has 1 aromatic rings. The van der Waals surface area contributed by atoms with Gasteiger partial charge in [0.15, 0.2) is 0 Å². The molecule has 1 N–H and O–H groups in total. The molecule has 3 nitrogen and oxygen atoms in total. The molecule has 0 aliphatic carbocycles. The zero-order chi connectivity index (χ0) is 13.0. The van der Waals surface area contributed by atoms with Crippen molar-refractivity contribution >= 4 is 34.8 Å². The van der Waals surface area contributed by atoms with Crippen LogP contribution in [0.4, 0.5) is 5.69 Å². The highest BCUT2D eigenvalue weighted by Gasteiger charge is 2.16. The number of para-hydroxylation sites is 1. The Labute approximate surface area is 117 Å². The molecule has 0 saturated carbocycles. The fourth-order valence-electron chi connectivity index (χ4n) is 2.09. The van der Waals surface area contributed by atoms with E-state index in [1.165, 1.54) is 6.42 Å². The summed E-state index contributed by atoms with van der Waals surface area (Å²) in [6.07, 6.45) is 3.41. The van der Waals surface area contributed by atoms with Crippen LogP contribution in [0.25, 0.3) is 0 Å². The lowest BCUT2D eigenvalue weighted by atomic mass is 10.1. The Morgan fingerprint density at radius 1 is 1.17 bits per heavy atom. The molecule has 0 bridgehead atoms. The van der Waals surface area contributed by atoms with Crippen LogP contribution in [0.3, 0.4) is 0 Å². The third kappa shape index (κ3) is 3.30. The Kier molecular flexibility index (Phi) is 4.72. The fraction of sp³-hybridized carbons (Fsp3) is 0.462. The average Bonchev–Trinajstić information content (AvgIpc) is 2.39. The molecule has 5 heteroatoms.